The molecule has 1 aromatic carbocycles. The molecule has 3 N–H and O–H groups in total. The maximum Gasteiger partial charge on any atom is 0.408 e. The summed E-state index contributed by atoms with van der Waals surface area (Å²) in [6.45, 7) is -0.215. The summed E-state index contributed by atoms with van der Waals surface area (Å²) in [5.74, 6) is -6.13. The monoisotopic (exact) mass is 611 g/mol. The largest absolute Gasteiger partial charge is 0.489 e. The van der Waals surface area contributed by atoms with Crippen LogP contribution in [0, 0.1) is 11.7 Å². The van der Waals surface area contributed by atoms with E-state index in [9.17, 15) is 49.1 Å². The SMILES string of the molecule is C[C@@H](NC(=O)C(=O)N1C[C@H]2COc3c(cn(C)c3C(=O)Nc3ccc(F)c(C(F)F)c3)S(=O)(=O)N[C@H]2C1)C(F)(F)F. The van der Waals surface area contributed by atoms with E-state index in [0.29, 0.717) is 6.92 Å². The number of anilines is 1. The molecule has 2 aromatic rings. The van der Waals surface area contributed by atoms with Crippen LogP contribution < -0.4 is 20.1 Å². The lowest BCUT2D eigenvalue weighted by molar-refractivity contribution is -0.162. The van der Waals surface area contributed by atoms with E-state index in [1.165, 1.54) is 7.05 Å². The minimum Gasteiger partial charge on any atom is -0.489 e. The molecule has 2 aliphatic heterocycles. The van der Waals surface area contributed by atoms with E-state index in [1.54, 1.807) is 5.32 Å². The maximum atomic E-state index is 13.6. The molecule has 0 radical (unpaired) electrons. The van der Waals surface area contributed by atoms with Crippen LogP contribution in [0.15, 0.2) is 29.3 Å². The fourth-order valence-corrected chi connectivity index (χ4v) is 5.91. The van der Waals surface area contributed by atoms with Crippen molar-refractivity contribution in [2.75, 3.05) is 25.0 Å². The molecule has 41 heavy (non-hydrogen) atoms. The van der Waals surface area contributed by atoms with E-state index >= 15 is 0 Å². The van der Waals surface area contributed by atoms with E-state index in [1.807, 2.05) is 0 Å². The summed E-state index contributed by atoms with van der Waals surface area (Å²) in [5, 5.41) is 3.85. The lowest BCUT2D eigenvalue weighted by Gasteiger charge is -2.23. The Morgan fingerprint density at radius 2 is 1.85 bits per heavy atom. The maximum absolute atomic E-state index is 13.6. The van der Waals surface area contributed by atoms with E-state index in [4.69, 9.17) is 4.74 Å². The lowest BCUT2D eigenvalue weighted by Crippen LogP contribution is -2.50. The van der Waals surface area contributed by atoms with E-state index in [0.717, 1.165) is 33.9 Å². The molecule has 4 rings (SSSR count). The zero-order chi connectivity index (χ0) is 30.4. The van der Waals surface area contributed by atoms with Gasteiger partial charge < -0.3 is 24.8 Å². The van der Waals surface area contributed by atoms with E-state index < -0.39 is 80.4 Å². The van der Waals surface area contributed by atoms with Gasteiger partial charge in [-0.1, -0.05) is 0 Å². The number of carbonyl (C=O) groups is 3. The molecule has 0 unspecified atom stereocenters. The first-order valence-corrected chi connectivity index (χ1v) is 13.4. The number of likely N-dealkylation sites (tertiary alicyclic amines) is 1. The van der Waals surface area contributed by atoms with Gasteiger partial charge in [0.25, 0.3) is 12.3 Å². The molecule has 1 aromatic heterocycles. The number of nitrogens with zero attached hydrogens (tertiary/aromatic N) is 2. The predicted molar refractivity (Wildman–Crippen MR) is 128 cm³/mol. The fourth-order valence-electron chi connectivity index (χ4n) is 4.43. The first-order chi connectivity index (χ1) is 19.0. The van der Waals surface area contributed by atoms with Gasteiger partial charge in [0.2, 0.25) is 10.0 Å². The van der Waals surface area contributed by atoms with Crippen molar-refractivity contribution in [1.82, 2.24) is 19.5 Å². The van der Waals surface area contributed by atoms with Gasteiger partial charge >= 0.3 is 18.0 Å². The van der Waals surface area contributed by atoms with Crippen molar-refractivity contribution in [2.45, 2.75) is 36.5 Å². The van der Waals surface area contributed by atoms with Gasteiger partial charge in [-0.25, -0.2) is 26.3 Å². The van der Waals surface area contributed by atoms with Crippen LogP contribution in [0.4, 0.5) is 32.0 Å². The molecule has 3 heterocycles. The molecule has 11 nitrogen and oxygen atoms in total. The van der Waals surface area contributed by atoms with Crippen LogP contribution in [-0.2, 0) is 26.7 Å². The van der Waals surface area contributed by atoms with Gasteiger partial charge in [-0.2, -0.15) is 13.2 Å². The number of hydrogen-bond acceptors (Lipinski definition) is 6. The summed E-state index contributed by atoms with van der Waals surface area (Å²) < 4.78 is 114. The van der Waals surface area contributed by atoms with Crippen LogP contribution in [0.2, 0.25) is 0 Å². The number of fused-ring (bicyclic) bond motifs is 2. The summed E-state index contributed by atoms with van der Waals surface area (Å²) in [4.78, 5) is 38.1. The van der Waals surface area contributed by atoms with Crippen LogP contribution in [0.5, 0.6) is 5.75 Å². The highest BCUT2D eigenvalue weighted by Crippen LogP contribution is 2.35. The minimum atomic E-state index is -4.79. The van der Waals surface area contributed by atoms with Crippen molar-refractivity contribution in [2.24, 2.45) is 13.0 Å². The van der Waals surface area contributed by atoms with Gasteiger partial charge in [0.15, 0.2) is 11.4 Å². The topological polar surface area (TPSA) is 139 Å². The molecule has 0 bridgehead atoms. The van der Waals surface area contributed by atoms with Gasteiger partial charge in [0.05, 0.1) is 12.2 Å². The zero-order valence-corrected chi connectivity index (χ0v) is 22.1. The second-order valence-electron chi connectivity index (χ2n) is 9.52. The predicted octanol–water partition coefficient (Wildman–Crippen LogP) is 1.92. The quantitative estimate of drug-likeness (QED) is 0.357. The second-order valence-corrected chi connectivity index (χ2v) is 11.2. The average Bonchev–Trinajstić information content (AvgIpc) is 3.41. The van der Waals surface area contributed by atoms with Gasteiger partial charge in [0, 0.05) is 44.0 Å². The number of aromatic nitrogens is 1. The van der Waals surface area contributed by atoms with Crippen LogP contribution in [-0.4, -0.2) is 73.6 Å². The number of halogens is 6. The molecular weight excluding hydrogens is 588 g/mol. The average molecular weight is 612 g/mol. The molecule has 3 atom stereocenters. The number of alkyl halides is 5. The summed E-state index contributed by atoms with van der Waals surface area (Å²) in [6.07, 6.45) is -6.88. The molecule has 2 aliphatic rings. The third-order valence-corrected chi connectivity index (χ3v) is 8.09. The van der Waals surface area contributed by atoms with Gasteiger partial charge in [0.1, 0.15) is 16.8 Å². The normalized spacial score (nSPS) is 20.8. The Kier molecular flexibility index (Phi) is 8.01. The van der Waals surface area contributed by atoms with Gasteiger partial charge in [-0.3, -0.25) is 14.4 Å². The standard InChI is InChI=1S/C23H23F6N5O6S/c1-10(23(27,28)29)30-21(36)22(37)34-6-11-9-40-18-16(41(38,39)32-15(11)7-34)8-33(2)17(18)20(35)31-12-3-4-14(24)13(5-12)19(25)26/h3-5,8,10-11,15,19,32H,6-7,9H2,1-2H3,(H,30,36)(H,31,35)/t10-,11+,15+/m1/s1. The Balaban J connectivity index is 1.54. The number of hydrogen-bond donors (Lipinski definition) is 3. The van der Waals surface area contributed by atoms with Crippen LogP contribution in [0.25, 0.3) is 0 Å². The fraction of sp³-hybridized carbons (Fsp3) is 0.435. The highest BCUT2D eigenvalue weighted by molar-refractivity contribution is 7.89. The van der Waals surface area contributed by atoms with Crippen molar-refractivity contribution in [3.05, 3.63) is 41.5 Å². The number of rotatable bonds is 4. The molecule has 18 heteroatoms. The first-order valence-electron chi connectivity index (χ1n) is 11.9. The third kappa shape index (κ3) is 6.12. The van der Waals surface area contributed by atoms with Crippen molar-refractivity contribution < 1.29 is 53.9 Å². The van der Waals surface area contributed by atoms with Crippen molar-refractivity contribution in [3.8, 4) is 5.75 Å². The summed E-state index contributed by atoms with van der Waals surface area (Å²) >= 11 is 0. The molecule has 0 spiro atoms. The Morgan fingerprint density at radius 3 is 2.49 bits per heavy atom. The van der Waals surface area contributed by atoms with Crippen LogP contribution in [0.1, 0.15) is 29.4 Å². The Morgan fingerprint density at radius 1 is 1.17 bits per heavy atom. The summed E-state index contributed by atoms with van der Waals surface area (Å²) in [7, 11) is -3.08. The molecule has 224 valence electrons. The Hall–Kier alpha value is -3.80. The number of sulfonamides is 1. The number of carbonyl (C=O) groups excluding carboxylic acids is 3. The number of aryl methyl sites for hydroxylation is 1. The zero-order valence-electron chi connectivity index (χ0n) is 21.3. The summed E-state index contributed by atoms with van der Waals surface area (Å²) in [6, 6.07) is -0.785. The first kappa shape index (κ1) is 30.2. The smallest absolute Gasteiger partial charge is 0.408 e. The Labute approximate surface area is 228 Å². The number of amides is 3. The minimum absolute atomic E-state index is 0.198. The Bertz CT molecular complexity index is 1490. The van der Waals surface area contributed by atoms with Crippen molar-refractivity contribution in [1.29, 1.82) is 0 Å². The van der Waals surface area contributed by atoms with Gasteiger partial charge in [-0.05, 0) is 25.1 Å². The lowest BCUT2D eigenvalue weighted by atomic mass is 10.1. The number of benzene rings is 1. The van der Waals surface area contributed by atoms with Crippen molar-refractivity contribution in [3.63, 3.8) is 0 Å². The number of nitrogens with one attached hydrogen (secondary N) is 3. The molecule has 0 aliphatic carbocycles. The third-order valence-electron chi connectivity index (χ3n) is 6.61. The van der Waals surface area contributed by atoms with Crippen molar-refractivity contribution >= 4 is 33.4 Å². The summed E-state index contributed by atoms with van der Waals surface area (Å²) in [5.41, 5.74) is -1.48. The highest BCUT2D eigenvalue weighted by atomic mass is 32.2. The molecule has 1 saturated heterocycles. The molecule has 1 fully saturated rings. The van der Waals surface area contributed by atoms with E-state index in [-0.39, 0.29) is 31.1 Å². The van der Waals surface area contributed by atoms with E-state index in [2.05, 4.69) is 10.0 Å². The van der Waals surface area contributed by atoms with Crippen LogP contribution in [0.3, 0.4) is 0 Å². The molecular formula is C23H23F6N5O6S. The number of ether oxygens (including phenoxy) is 1. The highest BCUT2D eigenvalue weighted by Gasteiger charge is 2.44. The molecule has 0 saturated carbocycles. The van der Waals surface area contributed by atoms with Gasteiger partial charge in [-0.15, -0.1) is 0 Å². The second kappa shape index (κ2) is 10.9. The molecule has 3 amide bonds. The van der Waals surface area contributed by atoms with Crippen LogP contribution >= 0.6 is 0 Å².